The first kappa shape index (κ1) is 17.4. The third kappa shape index (κ3) is 2.94. The number of H-pyrrole nitrogens is 2. The molecule has 0 radical (unpaired) electrons. The Hall–Kier alpha value is -3.65. The van der Waals surface area contributed by atoms with Gasteiger partial charge in [-0.2, -0.15) is 0 Å². The number of fused-ring (bicyclic) bond motifs is 2. The van der Waals surface area contributed by atoms with Crippen molar-refractivity contribution in [1.29, 1.82) is 0 Å². The predicted molar refractivity (Wildman–Crippen MR) is 111 cm³/mol. The number of hydrogen-bond donors (Lipinski definition) is 3. The Morgan fingerprint density at radius 1 is 1.07 bits per heavy atom. The number of hydrogen-bond acceptors (Lipinski definition) is 5. The van der Waals surface area contributed by atoms with Crippen LogP contribution in [0.1, 0.15) is 10.4 Å². The maximum atomic E-state index is 12.7. The summed E-state index contributed by atoms with van der Waals surface area (Å²) in [5, 5.41) is 0.755. The number of anilines is 1. The van der Waals surface area contributed by atoms with Gasteiger partial charge in [0.05, 0.1) is 35.5 Å². The smallest absolute Gasteiger partial charge is 0.261 e. The number of nitrogens with two attached hydrogens (primary N) is 1. The zero-order valence-electron chi connectivity index (χ0n) is 15.6. The number of pyridine rings is 1. The normalized spacial score (nSPS) is 14.6. The molecule has 1 aliphatic heterocycles. The van der Waals surface area contributed by atoms with Crippen molar-refractivity contribution in [2.45, 2.75) is 0 Å². The van der Waals surface area contributed by atoms with Crippen LogP contribution in [0.15, 0.2) is 47.3 Å². The summed E-state index contributed by atoms with van der Waals surface area (Å²) >= 11 is 0. The highest BCUT2D eigenvalue weighted by molar-refractivity contribution is 5.99. The van der Waals surface area contributed by atoms with Crippen molar-refractivity contribution < 1.29 is 9.53 Å². The standard InChI is InChI=1S/C21H19N5O3/c22-18-13-3-1-2-4-14(13)25-20(27)17(18)19-23-15-6-5-12(11-16(15)24-19)21(28)26-7-9-29-10-8-26/h1-6,11H,7-10H2,(H,23,24)(H3,22,25,27). The molecular weight excluding hydrogens is 370 g/mol. The number of benzene rings is 2. The first-order valence-corrected chi connectivity index (χ1v) is 9.39. The molecule has 0 bridgehead atoms. The summed E-state index contributed by atoms with van der Waals surface area (Å²) < 4.78 is 5.31. The molecule has 2 aromatic heterocycles. The van der Waals surface area contributed by atoms with Gasteiger partial charge in [-0.1, -0.05) is 18.2 Å². The number of nitrogen functional groups attached to an aromatic ring is 1. The highest BCUT2D eigenvalue weighted by Crippen LogP contribution is 2.28. The zero-order valence-corrected chi connectivity index (χ0v) is 15.6. The molecule has 0 saturated carbocycles. The number of aromatic amines is 2. The van der Waals surface area contributed by atoms with E-state index in [0.717, 1.165) is 10.9 Å². The lowest BCUT2D eigenvalue weighted by Gasteiger charge is -2.26. The van der Waals surface area contributed by atoms with Crippen molar-refractivity contribution in [2.24, 2.45) is 0 Å². The molecule has 1 amide bonds. The van der Waals surface area contributed by atoms with Crippen LogP contribution >= 0.6 is 0 Å². The van der Waals surface area contributed by atoms with Crippen LogP contribution in [-0.2, 0) is 4.74 Å². The van der Waals surface area contributed by atoms with Gasteiger partial charge in [-0.05, 0) is 24.3 Å². The minimum Gasteiger partial charge on any atom is -0.397 e. The van der Waals surface area contributed by atoms with Crippen LogP contribution in [-0.4, -0.2) is 52.1 Å². The Balaban J connectivity index is 1.58. The number of imidazole rings is 1. The molecule has 5 rings (SSSR count). The van der Waals surface area contributed by atoms with Crippen LogP contribution in [0.2, 0.25) is 0 Å². The number of morpholine rings is 1. The molecule has 4 aromatic rings. The van der Waals surface area contributed by atoms with E-state index < -0.39 is 0 Å². The molecule has 0 aliphatic carbocycles. The SMILES string of the molecule is Nc1c(-c2nc3cc(C(=O)N4CCOCC4)ccc3[nH]2)c(=O)[nH]c2ccccc12. The summed E-state index contributed by atoms with van der Waals surface area (Å²) in [7, 11) is 0. The summed E-state index contributed by atoms with van der Waals surface area (Å²) in [4.78, 5) is 37.7. The van der Waals surface area contributed by atoms with Crippen LogP contribution in [0.3, 0.4) is 0 Å². The molecule has 3 heterocycles. The van der Waals surface area contributed by atoms with Gasteiger partial charge < -0.3 is 25.3 Å². The van der Waals surface area contributed by atoms with E-state index in [2.05, 4.69) is 15.0 Å². The average molecular weight is 389 g/mol. The van der Waals surface area contributed by atoms with E-state index in [0.29, 0.717) is 60.0 Å². The first-order valence-electron chi connectivity index (χ1n) is 9.39. The highest BCUT2D eigenvalue weighted by Gasteiger charge is 2.20. The molecule has 29 heavy (non-hydrogen) atoms. The molecule has 8 heteroatoms. The van der Waals surface area contributed by atoms with Gasteiger partial charge in [-0.15, -0.1) is 0 Å². The summed E-state index contributed by atoms with van der Waals surface area (Å²) in [6.07, 6.45) is 0. The summed E-state index contributed by atoms with van der Waals surface area (Å²) in [5.41, 5.74) is 9.20. The summed E-state index contributed by atoms with van der Waals surface area (Å²) in [6, 6.07) is 12.7. The fourth-order valence-corrected chi connectivity index (χ4v) is 3.71. The summed E-state index contributed by atoms with van der Waals surface area (Å²) in [5.74, 6) is 0.322. The predicted octanol–water partition coefficient (Wildman–Crippen LogP) is 2.13. The van der Waals surface area contributed by atoms with Gasteiger partial charge in [-0.25, -0.2) is 4.98 Å². The topological polar surface area (TPSA) is 117 Å². The van der Waals surface area contributed by atoms with Crippen LogP contribution < -0.4 is 11.3 Å². The molecule has 0 atom stereocenters. The Morgan fingerprint density at radius 3 is 2.69 bits per heavy atom. The Bertz CT molecular complexity index is 1300. The molecule has 0 unspecified atom stereocenters. The van der Waals surface area contributed by atoms with Crippen molar-refractivity contribution in [3.8, 4) is 11.4 Å². The van der Waals surface area contributed by atoms with Gasteiger partial charge in [0.2, 0.25) is 0 Å². The quantitative estimate of drug-likeness (QED) is 0.485. The van der Waals surface area contributed by atoms with E-state index in [4.69, 9.17) is 10.5 Å². The Kier molecular flexibility index (Phi) is 4.06. The highest BCUT2D eigenvalue weighted by atomic mass is 16.5. The van der Waals surface area contributed by atoms with Crippen molar-refractivity contribution >= 4 is 33.5 Å². The number of rotatable bonds is 2. The second kappa shape index (κ2) is 6.75. The number of nitrogens with one attached hydrogen (secondary N) is 2. The van der Waals surface area contributed by atoms with Crippen LogP contribution in [0.5, 0.6) is 0 Å². The van der Waals surface area contributed by atoms with Gasteiger partial charge in [0, 0.05) is 24.0 Å². The number of para-hydroxylation sites is 1. The maximum absolute atomic E-state index is 12.7. The van der Waals surface area contributed by atoms with Gasteiger partial charge in [0.1, 0.15) is 11.4 Å². The van der Waals surface area contributed by atoms with Gasteiger partial charge in [0.25, 0.3) is 11.5 Å². The Labute approximate surface area is 165 Å². The molecule has 8 nitrogen and oxygen atoms in total. The van der Waals surface area contributed by atoms with E-state index in [1.54, 1.807) is 29.2 Å². The summed E-state index contributed by atoms with van der Waals surface area (Å²) in [6.45, 7) is 2.24. The minimum atomic E-state index is -0.315. The number of aromatic nitrogens is 3. The second-order valence-corrected chi connectivity index (χ2v) is 7.01. The van der Waals surface area contributed by atoms with E-state index in [1.807, 2.05) is 18.2 Å². The third-order valence-corrected chi connectivity index (χ3v) is 5.23. The Morgan fingerprint density at radius 2 is 1.86 bits per heavy atom. The van der Waals surface area contributed by atoms with Crippen LogP contribution in [0.4, 0.5) is 5.69 Å². The number of carbonyl (C=O) groups excluding carboxylic acids is 1. The lowest BCUT2D eigenvalue weighted by molar-refractivity contribution is 0.0303. The third-order valence-electron chi connectivity index (χ3n) is 5.23. The molecule has 2 aromatic carbocycles. The van der Waals surface area contributed by atoms with E-state index >= 15 is 0 Å². The van der Waals surface area contributed by atoms with E-state index in [9.17, 15) is 9.59 Å². The maximum Gasteiger partial charge on any atom is 0.261 e. The van der Waals surface area contributed by atoms with E-state index in [-0.39, 0.29) is 11.5 Å². The fourth-order valence-electron chi connectivity index (χ4n) is 3.71. The number of carbonyl (C=O) groups is 1. The van der Waals surface area contributed by atoms with Gasteiger partial charge >= 0.3 is 0 Å². The molecule has 1 fully saturated rings. The number of nitrogens with zero attached hydrogens (tertiary/aromatic N) is 2. The minimum absolute atomic E-state index is 0.0529. The van der Waals surface area contributed by atoms with Crippen LogP contribution in [0.25, 0.3) is 33.3 Å². The first-order chi connectivity index (χ1) is 14.1. The van der Waals surface area contributed by atoms with Gasteiger partial charge in [-0.3, -0.25) is 9.59 Å². The monoisotopic (exact) mass is 389 g/mol. The van der Waals surface area contributed by atoms with Crippen molar-refractivity contribution in [3.63, 3.8) is 0 Å². The number of amides is 1. The fraction of sp³-hybridized carbons (Fsp3) is 0.190. The van der Waals surface area contributed by atoms with Crippen LogP contribution in [0, 0.1) is 0 Å². The zero-order chi connectivity index (χ0) is 20.0. The molecular formula is C21H19N5O3. The molecule has 1 saturated heterocycles. The largest absolute Gasteiger partial charge is 0.397 e. The number of ether oxygens (including phenoxy) is 1. The van der Waals surface area contributed by atoms with Crippen molar-refractivity contribution in [1.82, 2.24) is 19.9 Å². The van der Waals surface area contributed by atoms with E-state index in [1.165, 1.54) is 0 Å². The molecule has 4 N–H and O–H groups in total. The second-order valence-electron chi connectivity index (χ2n) is 7.01. The lowest BCUT2D eigenvalue weighted by Crippen LogP contribution is -2.40. The lowest BCUT2D eigenvalue weighted by atomic mass is 10.1. The average Bonchev–Trinajstić information content (AvgIpc) is 3.16. The van der Waals surface area contributed by atoms with Crippen molar-refractivity contribution in [2.75, 3.05) is 32.0 Å². The molecule has 0 spiro atoms. The van der Waals surface area contributed by atoms with Crippen molar-refractivity contribution in [3.05, 3.63) is 58.4 Å². The molecule has 1 aliphatic rings. The molecule has 146 valence electrons. The van der Waals surface area contributed by atoms with Gasteiger partial charge in [0.15, 0.2) is 0 Å².